The molecule has 1 nitrogen and oxygen atoms in total. The van der Waals surface area contributed by atoms with Gasteiger partial charge in [0.2, 0.25) is 0 Å². The van der Waals surface area contributed by atoms with Gasteiger partial charge in [-0.3, -0.25) is 4.79 Å². The highest BCUT2D eigenvalue weighted by molar-refractivity contribution is 6.31. The van der Waals surface area contributed by atoms with Crippen LogP contribution in [0.5, 0.6) is 0 Å². The Labute approximate surface area is 83.7 Å². The maximum Gasteiger partial charge on any atom is 0.134 e. The molecule has 0 spiro atoms. The number of Topliss-reactive ketones (excluding diaryl/α,β-unsaturated/α-hetero) is 1. The molecule has 0 aliphatic carbocycles. The molecule has 0 saturated carbocycles. The van der Waals surface area contributed by atoms with Crippen LogP contribution in [0.15, 0.2) is 12.1 Å². The first kappa shape index (κ1) is 10.3. The van der Waals surface area contributed by atoms with Crippen molar-refractivity contribution in [3.05, 3.63) is 33.8 Å². The Bertz CT molecular complexity index is 342. The molecule has 0 aromatic heterocycles. The van der Waals surface area contributed by atoms with Crippen molar-refractivity contribution in [2.75, 3.05) is 0 Å². The second-order valence-electron chi connectivity index (χ2n) is 3.41. The Morgan fingerprint density at radius 2 is 1.92 bits per heavy atom. The van der Waals surface area contributed by atoms with E-state index in [0.717, 1.165) is 21.7 Å². The first-order valence-electron chi connectivity index (χ1n) is 4.25. The summed E-state index contributed by atoms with van der Waals surface area (Å²) in [6.07, 6.45) is 0.504. The normalized spacial score (nSPS) is 10.2. The number of aryl methyl sites for hydroxylation is 2. The van der Waals surface area contributed by atoms with Crippen molar-refractivity contribution >= 4 is 17.4 Å². The maximum atomic E-state index is 10.9. The molecule has 0 radical (unpaired) electrons. The lowest BCUT2D eigenvalue weighted by Crippen LogP contribution is -1.99. The van der Waals surface area contributed by atoms with Crippen molar-refractivity contribution in [1.82, 2.24) is 0 Å². The minimum atomic E-state index is 0.185. The molecule has 13 heavy (non-hydrogen) atoms. The zero-order valence-corrected chi connectivity index (χ0v) is 8.90. The molecular weight excluding hydrogens is 184 g/mol. The Kier molecular flexibility index (Phi) is 3.10. The fourth-order valence-corrected chi connectivity index (χ4v) is 1.52. The van der Waals surface area contributed by atoms with Crippen LogP contribution in [0.3, 0.4) is 0 Å². The summed E-state index contributed by atoms with van der Waals surface area (Å²) in [7, 11) is 0. The van der Waals surface area contributed by atoms with Crippen molar-refractivity contribution in [1.29, 1.82) is 0 Å². The molecule has 0 fully saturated rings. The average Bonchev–Trinajstić information content (AvgIpc) is 1.99. The Hall–Kier alpha value is -0.820. The van der Waals surface area contributed by atoms with E-state index in [1.165, 1.54) is 0 Å². The fraction of sp³-hybridized carbons (Fsp3) is 0.364. The second-order valence-corrected chi connectivity index (χ2v) is 3.81. The van der Waals surface area contributed by atoms with Gasteiger partial charge in [-0.25, -0.2) is 0 Å². The first-order chi connectivity index (χ1) is 6.00. The van der Waals surface area contributed by atoms with Crippen LogP contribution in [0.25, 0.3) is 0 Å². The number of hydrogen-bond acceptors (Lipinski definition) is 1. The quantitative estimate of drug-likeness (QED) is 0.711. The maximum absolute atomic E-state index is 10.9. The van der Waals surface area contributed by atoms with Gasteiger partial charge >= 0.3 is 0 Å². The molecule has 0 unspecified atom stereocenters. The molecule has 0 aliphatic heterocycles. The number of halogens is 1. The molecule has 0 bridgehead atoms. The summed E-state index contributed by atoms with van der Waals surface area (Å²) >= 11 is 5.94. The van der Waals surface area contributed by atoms with E-state index in [1.54, 1.807) is 6.92 Å². The van der Waals surface area contributed by atoms with Gasteiger partial charge in [-0.05, 0) is 43.5 Å². The predicted octanol–water partition coefficient (Wildman–Crippen LogP) is 3.09. The number of hydrogen-bond donors (Lipinski definition) is 0. The van der Waals surface area contributed by atoms with Crippen LogP contribution in [-0.4, -0.2) is 5.78 Å². The number of ketones is 1. The molecule has 0 aliphatic rings. The molecule has 0 saturated heterocycles. The van der Waals surface area contributed by atoms with Gasteiger partial charge in [0, 0.05) is 11.4 Å². The standard InChI is InChI=1S/C11H13ClO/c1-7-5-11(12)8(2)4-10(7)6-9(3)13/h4-5H,6H2,1-3H3. The third-order valence-electron chi connectivity index (χ3n) is 2.06. The zero-order chi connectivity index (χ0) is 10.0. The third kappa shape index (κ3) is 2.56. The van der Waals surface area contributed by atoms with Gasteiger partial charge in [-0.15, -0.1) is 0 Å². The number of rotatable bonds is 2. The Balaban J connectivity index is 3.08. The van der Waals surface area contributed by atoms with Crippen LogP contribution in [0.2, 0.25) is 5.02 Å². The highest BCUT2D eigenvalue weighted by Crippen LogP contribution is 2.20. The Morgan fingerprint density at radius 3 is 2.46 bits per heavy atom. The van der Waals surface area contributed by atoms with Crippen LogP contribution in [0.4, 0.5) is 0 Å². The molecule has 0 heterocycles. The molecule has 70 valence electrons. The monoisotopic (exact) mass is 196 g/mol. The summed E-state index contributed by atoms with van der Waals surface area (Å²) in [6.45, 7) is 5.53. The van der Waals surface area contributed by atoms with E-state index in [-0.39, 0.29) is 5.78 Å². The van der Waals surface area contributed by atoms with E-state index in [9.17, 15) is 4.79 Å². The van der Waals surface area contributed by atoms with E-state index < -0.39 is 0 Å². The van der Waals surface area contributed by atoms with Crippen molar-refractivity contribution < 1.29 is 4.79 Å². The molecule has 1 aromatic rings. The highest BCUT2D eigenvalue weighted by Gasteiger charge is 2.04. The van der Waals surface area contributed by atoms with Crippen LogP contribution >= 0.6 is 11.6 Å². The van der Waals surface area contributed by atoms with Crippen LogP contribution in [-0.2, 0) is 11.2 Å². The number of carbonyl (C=O) groups is 1. The van der Waals surface area contributed by atoms with Gasteiger partial charge in [-0.1, -0.05) is 17.7 Å². The third-order valence-corrected chi connectivity index (χ3v) is 2.46. The van der Waals surface area contributed by atoms with Crippen molar-refractivity contribution in [3.8, 4) is 0 Å². The van der Waals surface area contributed by atoms with Gasteiger partial charge in [0.25, 0.3) is 0 Å². The lowest BCUT2D eigenvalue weighted by molar-refractivity contribution is -0.116. The molecule has 0 N–H and O–H groups in total. The Morgan fingerprint density at radius 1 is 1.31 bits per heavy atom. The molecule has 1 aromatic carbocycles. The van der Waals surface area contributed by atoms with Gasteiger partial charge < -0.3 is 0 Å². The second kappa shape index (κ2) is 3.93. The largest absolute Gasteiger partial charge is 0.300 e. The van der Waals surface area contributed by atoms with E-state index >= 15 is 0 Å². The van der Waals surface area contributed by atoms with Crippen molar-refractivity contribution in [3.63, 3.8) is 0 Å². The van der Waals surface area contributed by atoms with Crippen LogP contribution < -0.4 is 0 Å². The van der Waals surface area contributed by atoms with E-state index in [2.05, 4.69) is 0 Å². The molecule has 0 amide bonds. The van der Waals surface area contributed by atoms with Crippen molar-refractivity contribution in [2.24, 2.45) is 0 Å². The minimum Gasteiger partial charge on any atom is -0.300 e. The molecule has 1 rings (SSSR count). The smallest absolute Gasteiger partial charge is 0.134 e. The van der Waals surface area contributed by atoms with Gasteiger partial charge in [-0.2, -0.15) is 0 Å². The van der Waals surface area contributed by atoms with Crippen molar-refractivity contribution in [2.45, 2.75) is 27.2 Å². The lowest BCUT2D eigenvalue weighted by atomic mass is 10.0. The number of carbonyl (C=O) groups excluding carboxylic acids is 1. The highest BCUT2D eigenvalue weighted by atomic mass is 35.5. The summed E-state index contributed by atoms with van der Waals surface area (Å²) in [5.74, 6) is 0.185. The summed E-state index contributed by atoms with van der Waals surface area (Å²) < 4.78 is 0. The zero-order valence-electron chi connectivity index (χ0n) is 8.15. The van der Waals surface area contributed by atoms with Crippen LogP contribution in [0.1, 0.15) is 23.6 Å². The van der Waals surface area contributed by atoms with Crippen LogP contribution in [0, 0.1) is 13.8 Å². The summed E-state index contributed by atoms with van der Waals surface area (Å²) in [5.41, 5.74) is 3.20. The van der Waals surface area contributed by atoms with Gasteiger partial charge in [0.15, 0.2) is 0 Å². The van der Waals surface area contributed by atoms with E-state index in [4.69, 9.17) is 11.6 Å². The van der Waals surface area contributed by atoms with E-state index in [0.29, 0.717) is 6.42 Å². The van der Waals surface area contributed by atoms with Gasteiger partial charge in [0.1, 0.15) is 5.78 Å². The lowest BCUT2D eigenvalue weighted by Gasteiger charge is -2.06. The topological polar surface area (TPSA) is 17.1 Å². The predicted molar refractivity (Wildman–Crippen MR) is 55.3 cm³/mol. The molecule has 0 atom stereocenters. The molecule has 2 heteroatoms. The summed E-state index contributed by atoms with van der Waals surface area (Å²) in [4.78, 5) is 10.9. The van der Waals surface area contributed by atoms with Gasteiger partial charge in [0.05, 0.1) is 0 Å². The SMILES string of the molecule is CC(=O)Cc1cc(C)c(Cl)cc1C. The first-order valence-corrected chi connectivity index (χ1v) is 4.63. The molecular formula is C11H13ClO. The summed E-state index contributed by atoms with van der Waals surface area (Å²) in [6, 6.07) is 3.90. The minimum absolute atomic E-state index is 0.185. The number of benzene rings is 1. The van der Waals surface area contributed by atoms with E-state index in [1.807, 2.05) is 26.0 Å². The average molecular weight is 197 g/mol. The summed E-state index contributed by atoms with van der Waals surface area (Å²) in [5, 5.41) is 0.768. The fourth-order valence-electron chi connectivity index (χ4n) is 1.30.